The van der Waals surface area contributed by atoms with E-state index in [4.69, 9.17) is 4.74 Å². The van der Waals surface area contributed by atoms with Crippen LogP contribution in [-0.4, -0.2) is 37.7 Å². The molecule has 1 aliphatic heterocycles. The third-order valence-corrected chi connectivity index (χ3v) is 3.36. The summed E-state index contributed by atoms with van der Waals surface area (Å²) in [6.45, 7) is 7.90. The van der Waals surface area contributed by atoms with E-state index in [-0.39, 0.29) is 5.82 Å². The van der Waals surface area contributed by atoms with E-state index in [1.54, 1.807) is 6.07 Å². The Morgan fingerprint density at radius 1 is 1.32 bits per heavy atom. The van der Waals surface area contributed by atoms with Crippen molar-refractivity contribution in [1.82, 2.24) is 10.2 Å². The van der Waals surface area contributed by atoms with Crippen molar-refractivity contribution < 1.29 is 9.13 Å². The molecule has 0 spiro atoms. The number of benzene rings is 1. The average molecular weight is 266 g/mol. The number of hydrogen-bond donors (Lipinski definition) is 1. The summed E-state index contributed by atoms with van der Waals surface area (Å²) in [6, 6.07) is 5.42. The zero-order valence-corrected chi connectivity index (χ0v) is 11.6. The van der Waals surface area contributed by atoms with Crippen molar-refractivity contribution in [3.05, 3.63) is 35.1 Å². The van der Waals surface area contributed by atoms with E-state index in [0.717, 1.165) is 56.9 Å². The van der Waals surface area contributed by atoms with Gasteiger partial charge in [0.25, 0.3) is 0 Å². The fraction of sp³-hybridized carbons (Fsp3) is 0.600. The molecule has 1 saturated heterocycles. The van der Waals surface area contributed by atoms with Gasteiger partial charge in [0.2, 0.25) is 0 Å². The fourth-order valence-electron chi connectivity index (χ4n) is 2.27. The van der Waals surface area contributed by atoms with Gasteiger partial charge in [-0.3, -0.25) is 4.90 Å². The molecule has 0 saturated carbocycles. The topological polar surface area (TPSA) is 24.5 Å². The van der Waals surface area contributed by atoms with Gasteiger partial charge >= 0.3 is 0 Å². The molecule has 0 unspecified atom stereocenters. The van der Waals surface area contributed by atoms with Crippen LogP contribution in [0, 0.1) is 5.82 Å². The minimum Gasteiger partial charge on any atom is -0.379 e. The van der Waals surface area contributed by atoms with Gasteiger partial charge in [-0.05, 0) is 24.6 Å². The maximum atomic E-state index is 13.8. The predicted octanol–water partition coefficient (Wildman–Crippen LogP) is 2.16. The third kappa shape index (κ3) is 4.56. The molecule has 2 rings (SSSR count). The highest BCUT2D eigenvalue weighted by Crippen LogP contribution is 2.14. The van der Waals surface area contributed by atoms with Crippen LogP contribution in [0.1, 0.15) is 24.5 Å². The Bertz CT molecular complexity index is 392. The molecule has 0 aliphatic carbocycles. The van der Waals surface area contributed by atoms with Gasteiger partial charge in [0, 0.05) is 31.7 Å². The van der Waals surface area contributed by atoms with Crippen LogP contribution in [0.25, 0.3) is 0 Å². The molecular weight excluding hydrogens is 243 g/mol. The lowest BCUT2D eigenvalue weighted by Crippen LogP contribution is -2.35. The van der Waals surface area contributed by atoms with E-state index < -0.39 is 0 Å². The Morgan fingerprint density at radius 2 is 2.11 bits per heavy atom. The minimum atomic E-state index is -0.106. The molecule has 0 atom stereocenters. The first kappa shape index (κ1) is 14.4. The molecule has 0 bridgehead atoms. The summed E-state index contributed by atoms with van der Waals surface area (Å²) in [5.74, 6) is -0.106. The van der Waals surface area contributed by atoms with Crippen molar-refractivity contribution in [2.24, 2.45) is 0 Å². The Kier molecular flexibility index (Phi) is 5.76. The normalized spacial score (nSPS) is 16.7. The van der Waals surface area contributed by atoms with Crippen molar-refractivity contribution in [3.63, 3.8) is 0 Å². The number of morpholine rings is 1. The maximum absolute atomic E-state index is 13.8. The lowest BCUT2D eigenvalue weighted by atomic mass is 10.1. The van der Waals surface area contributed by atoms with Crippen LogP contribution in [0.2, 0.25) is 0 Å². The lowest BCUT2D eigenvalue weighted by Gasteiger charge is -2.26. The molecule has 0 aromatic heterocycles. The van der Waals surface area contributed by atoms with Crippen molar-refractivity contribution >= 4 is 0 Å². The molecular formula is C15H23FN2O. The van der Waals surface area contributed by atoms with E-state index in [1.807, 2.05) is 12.1 Å². The summed E-state index contributed by atoms with van der Waals surface area (Å²) in [7, 11) is 0. The smallest absolute Gasteiger partial charge is 0.127 e. The summed E-state index contributed by atoms with van der Waals surface area (Å²) in [4.78, 5) is 2.24. The Morgan fingerprint density at radius 3 is 2.84 bits per heavy atom. The van der Waals surface area contributed by atoms with Gasteiger partial charge in [0.1, 0.15) is 5.82 Å². The predicted molar refractivity (Wildman–Crippen MR) is 74.5 cm³/mol. The van der Waals surface area contributed by atoms with Crippen molar-refractivity contribution in [3.8, 4) is 0 Å². The summed E-state index contributed by atoms with van der Waals surface area (Å²) >= 11 is 0. The van der Waals surface area contributed by atoms with E-state index in [0.29, 0.717) is 6.54 Å². The van der Waals surface area contributed by atoms with Crippen LogP contribution >= 0.6 is 0 Å². The summed E-state index contributed by atoms with van der Waals surface area (Å²) < 4.78 is 19.1. The highest BCUT2D eigenvalue weighted by atomic mass is 19.1. The quantitative estimate of drug-likeness (QED) is 0.799. The van der Waals surface area contributed by atoms with Gasteiger partial charge < -0.3 is 10.1 Å². The second-order valence-corrected chi connectivity index (χ2v) is 4.99. The van der Waals surface area contributed by atoms with Crippen LogP contribution in [0.15, 0.2) is 18.2 Å². The molecule has 0 radical (unpaired) electrons. The SMILES string of the molecule is CCCNCc1ccc(F)c(CN2CCOCC2)c1. The van der Waals surface area contributed by atoms with Gasteiger partial charge in [0.05, 0.1) is 13.2 Å². The standard InChI is InChI=1S/C15H23FN2O/c1-2-5-17-11-13-3-4-15(16)14(10-13)12-18-6-8-19-9-7-18/h3-4,10,17H,2,5-9,11-12H2,1H3. The minimum absolute atomic E-state index is 0.106. The van der Waals surface area contributed by atoms with Crippen LogP contribution in [0.3, 0.4) is 0 Å². The first-order valence-electron chi connectivity index (χ1n) is 7.07. The summed E-state index contributed by atoms with van der Waals surface area (Å²) in [5.41, 5.74) is 1.94. The molecule has 1 aromatic rings. The molecule has 1 aliphatic rings. The van der Waals surface area contributed by atoms with Gasteiger partial charge in [-0.2, -0.15) is 0 Å². The van der Waals surface area contributed by atoms with Crippen LogP contribution in [-0.2, 0) is 17.8 Å². The first-order chi connectivity index (χ1) is 9.29. The Balaban J connectivity index is 1.95. The van der Waals surface area contributed by atoms with E-state index in [1.165, 1.54) is 0 Å². The average Bonchev–Trinajstić information content (AvgIpc) is 2.44. The lowest BCUT2D eigenvalue weighted by molar-refractivity contribution is 0.0337. The zero-order chi connectivity index (χ0) is 13.5. The van der Waals surface area contributed by atoms with Gasteiger partial charge in [-0.25, -0.2) is 4.39 Å². The van der Waals surface area contributed by atoms with Crippen molar-refractivity contribution in [2.45, 2.75) is 26.4 Å². The number of nitrogens with one attached hydrogen (secondary N) is 1. The number of rotatable bonds is 6. The van der Waals surface area contributed by atoms with Crippen molar-refractivity contribution in [1.29, 1.82) is 0 Å². The van der Waals surface area contributed by atoms with Gasteiger partial charge in [-0.1, -0.05) is 19.1 Å². The summed E-state index contributed by atoms with van der Waals surface area (Å²) in [5, 5.41) is 3.35. The molecule has 1 aromatic carbocycles. The van der Waals surface area contributed by atoms with Gasteiger partial charge in [0.15, 0.2) is 0 Å². The van der Waals surface area contributed by atoms with Crippen LogP contribution in [0.4, 0.5) is 4.39 Å². The molecule has 4 heteroatoms. The third-order valence-electron chi connectivity index (χ3n) is 3.36. The van der Waals surface area contributed by atoms with Crippen LogP contribution in [0.5, 0.6) is 0 Å². The van der Waals surface area contributed by atoms with Crippen LogP contribution < -0.4 is 5.32 Å². The number of nitrogens with zero attached hydrogens (tertiary/aromatic N) is 1. The molecule has 106 valence electrons. The second kappa shape index (κ2) is 7.58. The molecule has 3 nitrogen and oxygen atoms in total. The number of hydrogen-bond acceptors (Lipinski definition) is 3. The number of ether oxygens (including phenoxy) is 1. The maximum Gasteiger partial charge on any atom is 0.127 e. The molecule has 19 heavy (non-hydrogen) atoms. The summed E-state index contributed by atoms with van der Waals surface area (Å²) in [6.07, 6.45) is 1.11. The second-order valence-electron chi connectivity index (χ2n) is 4.99. The number of halogens is 1. The Labute approximate surface area is 114 Å². The van der Waals surface area contributed by atoms with Gasteiger partial charge in [-0.15, -0.1) is 0 Å². The zero-order valence-electron chi connectivity index (χ0n) is 11.6. The monoisotopic (exact) mass is 266 g/mol. The van der Waals surface area contributed by atoms with Crippen molar-refractivity contribution in [2.75, 3.05) is 32.8 Å². The molecule has 1 N–H and O–H groups in total. The highest BCUT2D eigenvalue weighted by Gasteiger charge is 2.13. The first-order valence-corrected chi connectivity index (χ1v) is 7.07. The molecule has 1 fully saturated rings. The Hall–Kier alpha value is -0.970. The van der Waals surface area contributed by atoms with E-state index in [9.17, 15) is 4.39 Å². The van der Waals surface area contributed by atoms with E-state index >= 15 is 0 Å². The molecule has 0 amide bonds. The fourth-order valence-corrected chi connectivity index (χ4v) is 2.27. The molecule has 1 heterocycles. The highest BCUT2D eigenvalue weighted by molar-refractivity contribution is 5.25. The largest absolute Gasteiger partial charge is 0.379 e. The van der Waals surface area contributed by atoms with E-state index in [2.05, 4.69) is 17.1 Å².